The van der Waals surface area contributed by atoms with E-state index < -0.39 is 0 Å². The van der Waals surface area contributed by atoms with Crippen LogP contribution in [-0.4, -0.2) is 37.0 Å². The molecule has 3 N–H and O–H groups in total. The van der Waals surface area contributed by atoms with Gasteiger partial charge in [0.15, 0.2) is 5.96 Å². The summed E-state index contributed by atoms with van der Waals surface area (Å²) in [6.07, 6.45) is 4.81. The molecule has 1 unspecified atom stereocenters. The third kappa shape index (κ3) is 7.52. The number of rotatable bonds is 6. The number of benzene rings is 1. The molecule has 1 fully saturated rings. The zero-order valence-corrected chi connectivity index (χ0v) is 16.8. The second-order valence-corrected chi connectivity index (χ2v) is 6.35. The van der Waals surface area contributed by atoms with E-state index in [4.69, 9.17) is 5.73 Å². The summed E-state index contributed by atoms with van der Waals surface area (Å²) < 4.78 is 0. The minimum absolute atomic E-state index is 0. The summed E-state index contributed by atoms with van der Waals surface area (Å²) >= 11 is 0. The minimum atomic E-state index is 0. The van der Waals surface area contributed by atoms with E-state index in [1.165, 1.54) is 31.5 Å². The van der Waals surface area contributed by atoms with Crippen LogP contribution in [0.1, 0.15) is 38.7 Å². The fourth-order valence-corrected chi connectivity index (χ4v) is 3.04. The van der Waals surface area contributed by atoms with Gasteiger partial charge in [-0.1, -0.05) is 26.0 Å². The zero-order chi connectivity index (χ0) is 15.8. The van der Waals surface area contributed by atoms with Gasteiger partial charge in [-0.05, 0) is 62.4 Å². The molecule has 0 radical (unpaired) electrons. The molecule has 1 aromatic carbocycles. The van der Waals surface area contributed by atoms with Gasteiger partial charge in [0.1, 0.15) is 0 Å². The SMILES string of the molecule is CCc1cccc(NC(N)=NCCCN2CCCC(C)C2)c1.I. The van der Waals surface area contributed by atoms with Crippen molar-refractivity contribution in [2.24, 2.45) is 16.6 Å². The molecule has 0 saturated carbocycles. The first kappa shape index (κ1) is 20.2. The Balaban J connectivity index is 0.00000264. The number of likely N-dealkylation sites (tertiary alicyclic amines) is 1. The molecule has 1 aliphatic rings. The number of nitrogens with two attached hydrogens (primary N) is 1. The second-order valence-electron chi connectivity index (χ2n) is 6.35. The van der Waals surface area contributed by atoms with Crippen molar-refractivity contribution in [1.82, 2.24) is 4.90 Å². The maximum atomic E-state index is 5.96. The smallest absolute Gasteiger partial charge is 0.193 e. The van der Waals surface area contributed by atoms with Crippen LogP contribution in [0.2, 0.25) is 0 Å². The van der Waals surface area contributed by atoms with Gasteiger partial charge in [0.05, 0.1) is 0 Å². The summed E-state index contributed by atoms with van der Waals surface area (Å²) in [5.74, 6) is 1.36. The van der Waals surface area contributed by atoms with Crippen molar-refractivity contribution in [3.05, 3.63) is 29.8 Å². The highest BCUT2D eigenvalue weighted by Crippen LogP contribution is 2.15. The summed E-state index contributed by atoms with van der Waals surface area (Å²) in [5.41, 5.74) is 8.29. The molecule has 130 valence electrons. The van der Waals surface area contributed by atoms with Crippen LogP contribution >= 0.6 is 24.0 Å². The first-order chi connectivity index (χ1) is 10.7. The van der Waals surface area contributed by atoms with Gasteiger partial charge >= 0.3 is 0 Å². The van der Waals surface area contributed by atoms with Crippen LogP contribution in [0.5, 0.6) is 0 Å². The topological polar surface area (TPSA) is 53.6 Å². The Labute approximate surface area is 157 Å². The van der Waals surface area contributed by atoms with Crippen LogP contribution in [-0.2, 0) is 6.42 Å². The Morgan fingerprint density at radius 1 is 1.43 bits per heavy atom. The average molecular weight is 430 g/mol. The Hall–Kier alpha value is -0.820. The average Bonchev–Trinajstić information content (AvgIpc) is 2.52. The van der Waals surface area contributed by atoms with Crippen molar-refractivity contribution in [2.45, 2.75) is 39.5 Å². The summed E-state index contributed by atoms with van der Waals surface area (Å²) in [7, 11) is 0. The Morgan fingerprint density at radius 3 is 3.00 bits per heavy atom. The molecule has 4 nitrogen and oxygen atoms in total. The van der Waals surface area contributed by atoms with Gasteiger partial charge in [0, 0.05) is 18.8 Å². The van der Waals surface area contributed by atoms with Crippen molar-refractivity contribution in [2.75, 3.05) is 31.5 Å². The maximum absolute atomic E-state index is 5.96. The van der Waals surface area contributed by atoms with E-state index in [1.807, 2.05) is 12.1 Å². The van der Waals surface area contributed by atoms with Crippen molar-refractivity contribution >= 4 is 35.6 Å². The van der Waals surface area contributed by atoms with E-state index in [2.05, 4.69) is 41.2 Å². The van der Waals surface area contributed by atoms with Crippen LogP contribution in [0, 0.1) is 5.92 Å². The predicted molar refractivity (Wildman–Crippen MR) is 111 cm³/mol. The molecule has 0 bridgehead atoms. The van der Waals surface area contributed by atoms with Crippen LogP contribution in [0.4, 0.5) is 5.69 Å². The third-order valence-electron chi connectivity index (χ3n) is 4.26. The number of guanidine groups is 1. The molecule has 1 atom stereocenters. The van der Waals surface area contributed by atoms with Crippen molar-refractivity contribution in [3.63, 3.8) is 0 Å². The molecule has 2 rings (SSSR count). The quantitative estimate of drug-likeness (QED) is 0.313. The van der Waals surface area contributed by atoms with Crippen LogP contribution in [0.25, 0.3) is 0 Å². The van der Waals surface area contributed by atoms with Gasteiger partial charge in [-0.2, -0.15) is 0 Å². The van der Waals surface area contributed by atoms with Crippen LogP contribution in [0.3, 0.4) is 0 Å². The molecule has 1 heterocycles. The largest absolute Gasteiger partial charge is 0.370 e. The number of nitrogens with zero attached hydrogens (tertiary/aromatic N) is 2. The van der Waals surface area contributed by atoms with Crippen molar-refractivity contribution < 1.29 is 0 Å². The number of aryl methyl sites for hydroxylation is 1. The number of hydrogen-bond acceptors (Lipinski definition) is 2. The molecule has 1 aliphatic heterocycles. The lowest BCUT2D eigenvalue weighted by molar-refractivity contribution is 0.183. The maximum Gasteiger partial charge on any atom is 0.193 e. The van der Waals surface area contributed by atoms with Gasteiger partial charge in [-0.25, -0.2) is 0 Å². The normalized spacial score (nSPS) is 19.2. The second kappa shape index (κ2) is 10.9. The summed E-state index contributed by atoms with van der Waals surface area (Å²) in [6.45, 7) is 8.89. The monoisotopic (exact) mass is 430 g/mol. The molecule has 0 aromatic heterocycles. The first-order valence-electron chi connectivity index (χ1n) is 8.55. The van der Waals surface area contributed by atoms with Crippen LogP contribution in [0.15, 0.2) is 29.3 Å². The highest BCUT2D eigenvalue weighted by atomic mass is 127. The number of hydrogen-bond donors (Lipinski definition) is 2. The first-order valence-corrected chi connectivity index (χ1v) is 8.55. The standard InChI is InChI=1S/C18H30N4.HI/c1-3-16-8-4-9-17(13-16)21-18(19)20-10-6-12-22-11-5-7-15(2)14-22;/h4,8-9,13,15H,3,5-7,10-12,14H2,1-2H3,(H3,19,20,21);1H. The summed E-state index contributed by atoms with van der Waals surface area (Å²) in [4.78, 5) is 6.99. The van der Waals surface area contributed by atoms with E-state index in [0.29, 0.717) is 5.96 Å². The van der Waals surface area contributed by atoms with Crippen LogP contribution < -0.4 is 11.1 Å². The number of piperidine rings is 1. The van der Waals surface area contributed by atoms with E-state index in [1.54, 1.807) is 0 Å². The molecule has 0 amide bonds. The van der Waals surface area contributed by atoms with Gasteiger partial charge in [0.25, 0.3) is 0 Å². The molecule has 5 heteroatoms. The lowest BCUT2D eigenvalue weighted by atomic mass is 10.0. The molecular formula is C18H31IN4. The van der Waals surface area contributed by atoms with E-state index in [0.717, 1.165) is 37.5 Å². The van der Waals surface area contributed by atoms with Gasteiger partial charge in [-0.3, -0.25) is 4.99 Å². The summed E-state index contributed by atoms with van der Waals surface area (Å²) in [6, 6.07) is 8.32. The Kier molecular flexibility index (Phi) is 9.55. The van der Waals surface area contributed by atoms with Crippen molar-refractivity contribution in [1.29, 1.82) is 0 Å². The zero-order valence-electron chi connectivity index (χ0n) is 14.4. The third-order valence-corrected chi connectivity index (χ3v) is 4.26. The van der Waals surface area contributed by atoms with Gasteiger partial charge < -0.3 is 16.0 Å². The highest BCUT2D eigenvalue weighted by molar-refractivity contribution is 14.0. The molecule has 1 aromatic rings. The fourth-order valence-electron chi connectivity index (χ4n) is 3.04. The Bertz CT molecular complexity index is 490. The molecule has 23 heavy (non-hydrogen) atoms. The molecular weight excluding hydrogens is 399 g/mol. The number of anilines is 1. The van der Waals surface area contributed by atoms with E-state index in [9.17, 15) is 0 Å². The number of aliphatic imine (C=N–C) groups is 1. The predicted octanol–water partition coefficient (Wildman–Crippen LogP) is 3.72. The fraction of sp³-hybridized carbons (Fsp3) is 0.611. The van der Waals surface area contributed by atoms with E-state index >= 15 is 0 Å². The highest BCUT2D eigenvalue weighted by Gasteiger charge is 2.15. The number of nitrogens with one attached hydrogen (secondary N) is 1. The number of halogens is 1. The lowest BCUT2D eigenvalue weighted by Gasteiger charge is -2.30. The van der Waals surface area contributed by atoms with Crippen molar-refractivity contribution in [3.8, 4) is 0 Å². The van der Waals surface area contributed by atoms with Gasteiger partial charge in [-0.15, -0.1) is 24.0 Å². The van der Waals surface area contributed by atoms with Gasteiger partial charge in [0.2, 0.25) is 0 Å². The van der Waals surface area contributed by atoms with E-state index in [-0.39, 0.29) is 24.0 Å². The molecule has 1 saturated heterocycles. The Morgan fingerprint density at radius 2 is 2.26 bits per heavy atom. The summed E-state index contributed by atoms with van der Waals surface area (Å²) in [5, 5.41) is 3.18. The molecule has 0 spiro atoms. The lowest BCUT2D eigenvalue weighted by Crippen LogP contribution is -2.35. The minimum Gasteiger partial charge on any atom is -0.370 e. The molecule has 0 aliphatic carbocycles.